The lowest BCUT2D eigenvalue weighted by Gasteiger charge is -2.26. The highest BCUT2D eigenvalue weighted by Crippen LogP contribution is 2.26. The molecule has 2 saturated heterocycles. The number of carbonyl (C=O) groups excluding carboxylic acids is 1. The van der Waals surface area contributed by atoms with E-state index in [2.05, 4.69) is 16.8 Å². The van der Waals surface area contributed by atoms with E-state index in [0.717, 1.165) is 44.7 Å². The molecule has 3 rings (SSSR count). The molecule has 144 valence electrons. The van der Waals surface area contributed by atoms with Crippen molar-refractivity contribution in [1.82, 2.24) is 14.7 Å². The quantitative estimate of drug-likeness (QED) is 0.880. The SMILES string of the molecule is Cc1ccc(C(=O)N2C[C@@H](CN3CCCN(C)CC3)[C@@H](CO)C2)c(F)c1. The normalized spacial score (nSPS) is 25.5. The van der Waals surface area contributed by atoms with Crippen LogP contribution >= 0.6 is 0 Å². The molecule has 0 saturated carbocycles. The number of aliphatic hydroxyl groups is 1. The number of aliphatic hydroxyl groups excluding tert-OH is 1. The van der Waals surface area contributed by atoms with Crippen LogP contribution in [0.25, 0.3) is 0 Å². The predicted molar refractivity (Wildman–Crippen MR) is 99.7 cm³/mol. The van der Waals surface area contributed by atoms with Crippen molar-refractivity contribution in [2.45, 2.75) is 13.3 Å². The van der Waals surface area contributed by atoms with Gasteiger partial charge in [0, 0.05) is 45.2 Å². The molecule has 0 spiro atoms. The Balaban J connectivity index is 1.65. The number of aryl methyl sites for hydroxylation is 1. The molecule has 0 bridgehead atoms. The number of likely N-dealkylation sites (tertiary alicyclic amines) is 1. The van der Waals surface area contributed by atoms with Gasteiger partial charge in [0.05, 0.1) is 5.56 Å². The van der Waals surface area contributed by atoms with E-state index < -0.39 is 5.82 Å². The fourth-order valence-electron chi connectivity index (χ4n) is 4.10. The summed E-state index contributed by atoms with van der Waals surface area (Å²) in [7, 11) is 2.14. The van der Waals surface area contributed by atoms with Crippen LogP contribution in [-0.4, -0.2) is 85.2 Å². The summed E-state index contributed by atoms with van der Waals surface area (Å²) in [4.78, 5) is 19.3. The Morgan fingerprint density at radius 3 is 2.69 bits per heavy atom. The summed E-state index contributed by atoms with van der Waals surface area (Å²) < 4.78 is 14.2. The molecule has 2 atom stereocenters. The van der Waals surface area contributed by atoms with Crippen LogP contribution in [-0.2, 0) is 0 Å². The monoisotopic (exact) mass is 363 g/mol. The van der Waals surface area contributed by atoms with E-state index in [1.807, 2.05) is 6.92 Å². The summed E-state index contributed by atoms with van der Waals surface area (Å²) in [5.41, 5.74) is 0.932. The molecule has 6 heteroatoms. The smallest absolute Gasteiger partial charge is 0.256 e. The molecule has 5 nitrogen and oxygen atoms in total. The number of hydrogen-bond donors (Lipinski definition) is 1. The third kappa shape index (κ3) is 4.42. The average molecular weight is 363 g/mol. The number of carbonyl (C=O) groups is 1. The second-order valence-electron chi connectivity index (χ2n) is 7.85. The van der Waals surface area contributed by atoms with E-state index in [0.29, 0.717) is 13.1 Å². The Kier molecular flexibility index (Phi) is 6.27. The number of hydrogen-bond acceptors (Lipinski definition) is 4. The van der Waals surface area contributed by atoms with Gasteiger partial charge in [-0.3, -0.25) is 4.79 Å². The first-order valence-electron chi connectivity index (χ1n) is 9.55. The maximum absolute atomic E-state index is 14.2. The van der Waals surface area contributed by atoms with Crippen LogP contribution < -0.4 is 0 Å². The molecule has 0 radical (unpaired) electrons. The minimum atomic E-state index is -0.463. The first-order valence-corrected chi connectivity index (χ1v) is 9.55. The molecule has 1 amide bonds. The lowest BCUT2D eigenvalue weighted by atomic mass is 9.96. The van der Waals surface area contributed by atoms with E-state index in [1.165, 1.54) is 6.07 Å². The Morgan fingerprint density at radius 1 is 1.19 bits per heavy atom. The number of rotatable bonds is 4. The van der Waals surface area contributed by atoms with Gasteiger partial charge in [0.25, 0.3) is 5.91 Å². The third-order valence-electron chi connectivity index (χ3n) is 5.76. The Morgan fingerprint density at radius 2 is 1.96 bits per heavy atom. The molecule has 1 N–H and O–H groups in total. The zero-order valence-corrected chi connectivity index (χ0v) is 15.8. The van der Waals surface area contributed by atoms with Gasteiger partial charge in [-0.25, -0.2) is 4.39 Å². The number of nitrogens with zero attached hydrogens (tertiary/aromatic N) is 3. The van der Waals surface area contributed by atoms with Crippen LogP contribution in [0.2, 0.25) is 0 Å². The van der Waals surface area contributed by atoms with Crippen molar-refractivity contribution in [3.05, 3.63) is 35.1 Å². The summed E-state index contributed by atoms with van der Waals surface area (Å²) in [6.45, 7) is 8.09. The van der Waals surface area contributed by atoms with Crippen molar-refractivity contribution in [2.75, 3.05) is 59.5 Å². The highest BCUT2D eigenvalue weighted by molar-refractivity contribution is 5.94. The molecular weight excluding hydrogens is 333 g/mol. The van der Waals surface area contributed by atoms with Gasteiger partial charge in [-0.2, -0.15) is 0 Å². The predicted octanol–water partition coefficient (Wildman–Crippen LogP) is 1.45. The summed E-state index contributed by atoms with van der Waals surface area (Å²) in [6, 6.07) is 4.73. The van der Waals surface area contributed by atoms with Crippen molar-refractivity contribution >= 4 is 5.91 Å². The lowest BCUT2D eigenvalue weighted by Crippen LogP contribution is -2.36. The first kappa shape index (κ1) is 19.3. The number of amides is 1. The fraction of sp³-hybridized carbons (Fsp3) is 0.650. The summed E-state index contributed by atoms with van der Waals surface area (Å²) >= 11 is 0. The number of benzene rings is 1. The van der Waals surface area contributed by atoms with Crippen molar-refractivity contribution in [3.63, 3.8) is 0 Å². The summed E-state index contributed by atoms with van der Waals surface area (Å²) in [5.74, 6) is -0.428. The zero-order valence-electron chi connectivity index (χ0n) is 15.8. The standard InChI is InChI=1S/C20H30FN3O2/c1-15-4-5-18(19(21)10-15)20(26)24-12-16(17(13-24)14-25)11-23-7-3-6-22(2)8-9-23/h4-5,10,16-17,25H,3,6-9,11-14H2,1-2H3/t16-,17-/m1/s1. The number of likely N-dealkylation sites (N-methyl/N-ethyl adjacent to an activating group) is 1. The minimum absolute atomic E-state index is 0.0634. The van der Waals surface area contributed by atoms with Gasteiger partial charge >= 0.3 is 0 Å². The zero-order chi connectivity index (χ0) is 18.7. The van der Waals surface area contributed by atoms with Crippen LogP contribution in [0.4, 0.5) is 4.39 Å². The Hall–Kier alpha value is -1.50. The molecule has 2 heterocycles. The van der Waals surface area contributed by atoms with Crippen molar-refractivity contribution in [1.29, 1.82) is 0 Å². The summed E-state index contributed by atoms with van der Waals surface area (Å²) in [5, 5.41) is 9.79. The topological polar surface area (TPSA) is 47.0 Å². The summed E-state index contributed by atoms with van der Waals surface area (Å²) in [6.07, 6.45) is 1.14. The second-order valence-corrected chi connectivity index (χ2v) is 7.85. The van der Waals surface area contributed by atoms with E-state index in [4.69, 9.17) is 0 Å². The molecule has 1 aromatic carbocycles. The Labute approximate surface area is 155 Å². The first-order chi connectivity index (χ1) is 12.5. The largest absolute Gasteiger partial charge is 0.396 e. The highest BCUT2D eigenvalue weighted by Gasteiger charge is 2.36. The van der Waals surface area contributed by atoms with Gasteiger partial charge in [0.2, 0.25) is 0 Å². The average Bonchev–Trinajstić information content (AvgIpc) is 2.90. The van der Waals surface area contributed by atoms with E-state index in [9.17, 15) is 14.3 Å². The molecule has 2 aliphatic rings. The lowest BCUT2D eigenvalue weighted by molar-refractivity contribution is 0.0774. The molecule has 0 aromatic heterocycles. The van der Waals surface area contributed by atoms with E-state index >= 15 is 0 Å². The van der Waals surface area contributed by atoms with Gasteiger partial charge in [0.15, 0.2) is 0 Å². The van der Waals surface area contributed by atoms with Crippen LogP contribution in [0.1, 0.15) is 22.3 Å². The second kappa shape index (κ2) is 8.46. The van der Waals surface area contributed by atoms with Gasteiger partial charge < -0.3 is 19.8 Å². The molecule has 26 heavy (non-hydrogen) atoms. The molecular formula is C20H30FN3O2. The van der Waals surface area contributed by atoms with Gasteiger partial charge in [-0.05, 0) is 57.1 Å². The maximum atomic E-state index is 14.2. The molecule has 2 fully saturated rings. The maximum Gasteiger partial charge on any atom is 0.256 e. The molecule has 0 aliphatic carbocycles. The Bertz CT molecular complexity index is 639. The molecule has 0 unspecified atom stereocenters. The van der Waals surface area contributed by atoms with Gasteiger partial charge in [-0.1, -0.05) is 6.07 Å². The van der Waals surface area contributed by atoms with Crippen LogP contribution in [0.5, 0.6) is 0 Å². The highest BCUT2D eigenvalue weighted by atomic mass is 19.1. The number of halogens is 1. The molecule has 1 aromatic rings. The molecule has 2 aliphatic heterocycles. The van der Waals surface area contributed by atoms with Crippen molar-refractivity contribution < 1.29 is 14.3 Å². The van der Waals surface area contributed by atoms with Crippen LogP contribution in [0.3, 0.4) is 0 Å². The van der Waals surface area contributed by atoms with Crippen molar-refractivity contribution in [2.24, 2.45) is 11.8 Å². The van der Waals surface area contributed by atoms with Crippen LogP contribution in [0.15, 0.2) is 18.2 Å². The van der Waals surface area contributed by atoms with Crippen molar-refractivity contribution in [3.8, 4) is 0 Å². The van der Waals surface area contributed by atoms with Gasteiger partial charge in [-0.15, -0.1) is 0 Å². The fourth-order valence-corrected chi connectivity index (χ4v) is 4.10. The van der Waals surface area contributed by atoms with E-state index in [-0.39, 0.29) is 29.9 Å². The third-order valence-corrected chi connectivity index (χ3v) is 5.76. The van der Waals surface area contributed by atoms with Crippen LogP contribution in [0, 0.1) is 24.6 Å². The minimum Gasteiger partial charge on any atom is -0.396 e. The van der Waals surface area contributed by atoms with E-state index in [1.54, 1.807) is 17.0 Å². The van der Waals surface area contributed by atoms with Gasteiger partial charge in [0.1, 0.15) is 5.82 Å².